The second-order valence-corrected chi connectivity index (χ2v) is 7.99. The first-order chi connectivity index (χ1) is 9.60. The van der Waals surface area contributed by atoms with Crippen LogP contribution in [0.15, 0.2) is 18.7 Å². The lowest BCUT2D eigenvalue weighted by Crippen LogP contribution is -2.32. The van der Waals surface area contributed by atoms with Gasteiger partial charge in [-0.1, -0.05) is 34.1 Å². The molecule has 1 aromatic heterocycles. The van der Waals surface area contributed by atoms with Gasteiger partial charge >= 0.3 is 0 Å². The van der Waals surface area contributed by atoms with E-state index in [0.717, 1.165) is 12.5 Å². The van der Waals surface area contributed by atoms with Gasteiger partial charge < -0.3 is 0 Å². The number of rotatable bonds is 5. The van der Waals surface area contributed by atoms with Gasteiger partial charge in [-0.05, 0) is 44.9 Å². The lowest BCUT2D eigenvalue weighted by molar-refractivity contribution is -0.697. The smallest absolute Gasteiger partial charge is 0.237 e. The number of aromatic nitrogens is 2. The fourth-order valence-corrected chi connectivity index (χ4v) is 2.10. The van der Waals surface area contributed by atoms with E-state index >= 15 is 0 Å². The molecule has 1 aromatic rings. The van der Waals surface area contributed by atoms with Crippen LogP contribution in [0.2, 0.25) is 0 Å². The monoisotopic (exact) mass is 315 g/mol. The Kier molecular flexibility index (Phi) is 8.61. The van der Waals surface area contributed by atoms with Crippen molar-refractivity contribution in [3.05, 3.63) is 18.7 Å². The minimum atomic E-state index is 0.187. The average molecular weight is 316 g/mol. The molecule has 0 aromatic carbocycles. The Morgan fingerprint density at radius 3 is 2.05 bits per heavy atom. The largest absolute Gasteiger partial charge is 0.244 e. The first kappa shape index (κ1) is 20.5. The minimum Gasteiger partial charge on any atom is -0.237 e. The molecule has 0 N–H and O–H groups in total. The third-order valence-corrected chi connectivity index (χ3v) is 4.25. The summed E-state index contributed by atoms with van der Waals surface area (Å²) in [6.45, 7) is 17.3. The van der Waals surface area contributed by atoms with Crippen molar-refractivity contribution in [2.24, 2.45) is 11.3 Å². The second kappa shape index (κ2) is 8.82. The molecular weight excluding hydrogens is 280 g/mol. The number of unbranched alkanes of at least 4 members (excludes halogenated alkanes) is 1. The Hall–Kier alpha value is -0.500. The van der Waals surface area contributed by atoms with Crippen LogP contribution < -0.4 is 4.57 Å². The van der Waals surface area contributed by atoms with Crippen molar-refractivity contribution in [3.63, 3.8) is 0 Å². The van der Waals surface area contributed by atoms with Crippen LogP contribution in [-0.4, -0.2) is 11.0 Å². The molecule has 0 aliphatic rings. The van der Waals surface area contributed by atoms with Gasteiger partial charge in [0.2, 0.25) is 6.33 Å². The summed E-state index contributed by atoms with van der Waals surface area (Å²) in [6, 6.07) is 0. The number of alkyl halides is 1. The van der Waals surface area contributed by atoms with Crippen LogP contribution in [0.25, 0.3) is 0 Å². The van der Waals surface area contributed by atoms with Crippen LogP contribution in [0, 0.1) is 11.3 Å². The first-order valence-corrected chi connectivity index (χ1v) is 8.81. The molecule has 0 bridgehead atoms. The lowest BCUT2D eigenvalue weighted by atomic mass is 9.79. The SMILES string of the molecule is CC(CCCC[n+]1ccn(C(C)(C)C)c1)C(C)(C)C.CCl. The van der Waals surface area contributed by atoms with Gasteiger partial charge in [-0.15, -0.1) is 11.6 Å². The van der Waals surface area contributed by atoms with E-state index in [0.29, 0.717) is 5.41 Å². The second-order valence-electron chi connectivity index (χ2n) is 7.99. The van der Waals surface area contributed by atoms with Gasteiger partial charge in [-0.3, -0.25) is 0 Å². The predicted molar refractivity (Wildman–Crippen MR) is 93.9 cm³/mol. The summed E-state index contributed by atoms with van der Waals surface area (Å²) >= 11 is 4.64. The summed E-state index contributed by atoms with van der Waals surface area (Å²) in [6.07, 6.45) is 12.0. The van der Waals surface area contributed by atoms with Gasteiger partial charge in [0.05, 0.1) is 6.54 Å². The maximum absolute atomic E-state index is 4.64. The van der Waals surface area contributed by atoms with E-state index in [1.807, 2.05) is 0 Å². The Morgan fingerprint density at radius 1 is 1.05 bits per heavy atom. The Bertz CT molecular complexity index is 383. The van der Waals surface area contributed by atoms with E-state index in [1.165, 1.54) is 25.6 Å². The van der Waals surface area contributed by atoms with Crippen LogP contribution >= 0.6 is 11.6 Å². The number of halogens is 1. The Morgan fingerprint density at radius 2 is 1.62 bits per heavy atom. The summed E-state index contributed by atoms with van der Waals surface area (Å²) in [4.78, 5) is 0. The molecule has 0 radical (unpaired) electrons. The lowest BCUT2D eigenvalue weighted by Gasteiger charge is -2.27. The quantitative estimate of drug-likeness (QED) is 0.399. The van der Waals surface area contributed by atoms with Crippen molar-refractivity contribution >= 4 is 11.6 Å². The minimum absolute atomic E-state index is 0.187. The van der Waals surface area contributed by atoms with Crippen molar-refractivity contribution in [2.45, 2.75) is 79.8 Å². The number of hydrogen-bond donors (Lipinski definition) is 0. The third kappa shape index (κ3) is 7.90. The van der Waals surface area contributed by atoms with Gasteiger partial charge in [-0.25, -0.2) is 9.13 Å². The van der Waals surface area contributed by atoms with Crippen molar-refractivity contribution < 1.29 is 4.57 Å². The van der Waals surface area contributed by atoms with Crippen molar-refractivity contribution in [1.29, 1.82) is 0 Å². The molecule has 0 fully saturated rings. The number of hydrogen-bond acceptors (Lipinski definition) is 0. The zero-order valence-corrected chi connectivity index (χ0v) is 16.2. The molecule has 0 amide bonds. The molecule has 3 heteroatoms. The fourth-order valence-electron chi connectivity index (χ4n) is 2.10. The van der Waals surface area contributed by atoms with Gasteiger partial charge in [0.15, 0.2) is 0 Å². The summed E-state index contributed by atoms with van der Waals surface area (Å²) in [5, 5.41) is 0. The van der Waals surface area contributed by atoms with Crippen LogP contribution in [0.3, 0.4) is 0 Å². The van der Waals surface area contributed by atoms with Crippen molar-refractivity contribution in [1.82, 2.24) is 4.57 Å². The Balaban J connectivity index is 0.00000191. The van der Waals surface area contributed by atoms with Gasteiger partial charge in [0.1, 0.15) is 17.9 Å². The Labute approximate surface area is 137 Å². The highest BCUT2D eigenvalue weighted by Crippen LogP contribution is 2.29. The number of nitrogens with zero attached hydrogens (tertiary/aromatic N) is 2. The zero-order valence-electron chi connectivity index (χ0n) is 15.4. The van der Waals surface area contributed by atoms with Crippen molar-refractivity contribution in [3.8, 4) is 0 Å². The highest BCUT2D eigenvalue weighted by molar-refractivity contribution is 6.15. The first-order valence-electron chi connectivity index (χ1n) is 8.06. The van der Waals surface area contributed by atoms with Gasteiger partial charge in [0.25, 0.3) is 0 Å². The molecule has 1 atom stereocenters. The average Bonchev–Trinajstić information content (AvgIpc) is 2.84. The normalized spacial score (nSPS) is 13.6. The van der Waals surface area contributed by atoms with E-state index in [1.54, 1.807) is 0 Å². The molecule has 0 saturated heterocycles. The molecule has 1 heterocycles. The molecule has 0 aliphatic carbocycles. The van der Waals surface area contributed by atoms with E-state index in [-0.39, 0.29) is 5.54 Å². The molecule has 124 valence electrons. The van der Waals surface area contributed by atoms with E-state index < -0.39 is 0 Å². The number of imidazole rings is 1. The molecule has 0 spiro atoms. The summed E-state index contributed by atoms with van der Waals surface area (Å²) in [7, 11) is 0. The van der Waals surface area contributed by atoms with E-state index in [2.05, 4.69) is 87.9 Å². The van der Waals surface area contributed by atoms with Crippen LogP contribution in [0.1, 0.15) is 67.7 Å². The fraction of sp³-hybridized carbons (Fsp3) is 0.833. The summed E-state index contributed by atoms with van der Waals surface area (Å²) in [5.41, 5.74) is 0.634. The predicted octanol–water partition coefficient (Wildman–Crippen LogP) is 5.24. The highest BCUT2D eigenvalue weighted by atomic mass is 35.5. The summed E-state index contributed by atoms with van der Waals surface area (Å²) in [5.74, 6) is 0.802. The standard InChI is InChI=1S/C17H33N2.CH3Cl/c1-15(16(2,3)4)10-8-9-11-18-12-13-19(14-18)17(5,6)7;1-2/h12-15H,8-11H2,1-7H3;1H3/q+1;. The van der Waals surface area contributed by atoms with E-state index in [4.69, 9.17) is 0 Å². The molecule has 21 heavy (non-hydrogen) atoms. The third-order valence-electron chi connectivity index (χ3n) is 4.25. The van der Waals surface area contributed by atoms with Crippen LogP contribution in [0.5, 0.6) is 0 Å². The van der Waals surface area contributed by atoms with E-state index in [9.17, 15) is 0 Å². The molecule has 1 rings (SSSR count). The molecular formula is C18H36ClN2+. The topological polar surface area (TPSA) is 8.81 Å². The summed E-state index contributed by atoms with van der Waals surface area (Å²) < 4.78 is 4.60. The van der Waals surface area contributed by atoms with Gasteiger partial charge in [0, 0.05) is 6.38 Å². The van der Waals surface area contributed by atoms with Crippen LogP contribution in [0.4, 0.5) is 0 Å². The number of aryl methyl sites for hydroxylation is 1. The van der Waals surface area contributed by atoms with Crippen molar-refractivity contribution in [2.75, 3.05) is 6.38 Å². The maximum Gasteiger partial charge on any atom is 0.244 e. The van der Waals surface area contributed by atoms with Gasteiger partial charge in [-0.2, -0.15) is 0 Å². The maximum atomic E-state index is 4.64. The zero-order chi connectivity index (χ0) is 16.7. The highest BCUT2D eigenvalue weighted by Gasteiger charge is 2.20. The molecule has 0 aliphatic heterocycles. The molecule has 0 saturated carbocycles. The van der Waals surface area contributed by atoms with Crippen LogP contribution in [-0.2, 0) is 12.1 Å². The molecule has 1 unspecified atom stereocenters. The molecule has 2 nitrogen and oxygen atoms in total.